The van der Waals surface area contributed by atoms with Crippen LogP contribution in [0.2, 0.25) is 5.02 Å². The zero-order chi connectivity index (χ0) is 17.9. The van der Waals surface area contributed by atoms with E-state index in [1.165, 1.54) is 0 Å². The minimum atomic E-state index is 0.438. The van der Waals surface area contributed by atoms with Crippen LogP contribution in [-0.4, -0.2) is 56.4 Å². The predicted octanol–water partition coefficient (Wildman–Crippen LogP) is 1.41. The van der Waals surface area contributed by atoms with Gasteiger partial charge < -0.3 is 19.9 Å². The molecule has 9 heteroatoms. The fraction of sp³-hybridized carbons (Fsp3) is 0.294. The van der Waals surface area contributed by atoms with E-state index in [1.807, 2.05) is 35.0 Å². The van der Waals surface area contributed by atoms with Gasteiger partial charge in [0.05, 0.1) is 17.3 Å². The Labute approximate surface area is 156 Å². The van der Waals surface area contributed by atoms with Crippen molar-refractivity contribution in [1.82, 2.24) is 24.3 Å². The van der Waals surface area contributed by atoms with E-state index in [9.17, 15) is 0 Å². The molecule has 2 N–H and O–H groups in total. The molecule has 26 heavy (non-hydrogen) atoms. The van der Waals surface area contributed by atoms with Gasteiger partial charge >= 0.3 is 0 Å². The molecule has 4 rings (SSSR count). The molecule has 1 aliphatic heterocycles. The number of nitrogens with two attached hydrogens (primary N) is 1. The van der Waals surface area contributed by atoms with Crippen molar-refractivity contribution in [2.24, 2.45) is 10.7 Å². The maximum Gasteiger partial charge on any atom is 0.225 e. The number of hydrogen-bond donors (Lipinski definition) is 1. The number of aliphatic imine (C=N–C) groups is 1. The van der Waals surface area contributed by atoms with Gasteiger partial charge in [0.15, 0.2) is 5.96 Å². The van der Waals surface area contributed by atoms with E-state index in [0.29, 0.717) is 17.5 Å². The molecule has 0 spiro atoms. The van der Waals surface area contributed by atoms with Crippen LogP contribution in [0.3, 0.4) is 0 Å². The zero-order valence-corrected chi connectivity index (χ0v) is 14.9. The predicted molar refractivity (Wildman–Crippen MR) is 101 cm³/mol. The highest BCUT2D eigenvalue weighted by molar-refractivity contribution is 6.30. The molecule has 4 heterocycles. The molecule has 0 unspecified atom stereocenters. The van der Waals surface area contributed by atoms with Crippen LogP contribution < -0.4 is 10.6 Å². The summed E-state index contributed by atoms with van der Waals surface area (Å²) in [6.07, 6.45) is 7.26. The van der Waals surface area contributed by atoms with E-state index >= 15 is 0 Å². The Bertz CT molecular complexity index is 915. The van der Waals surface area contributed by atoms with Gasteiger partial charge in [-0.25, -0.2) is 19.9 Å². The molecular weight excluding hydrogens is 352 g/mol. The lowest BCUT2D eigenvalue weighted by atomic mass is 10.3. The van der Waals surface area contributed by atoms with Crippen LogP contribution in [-0.2, 0) is 6.54 Å². The number of aromatic nitrogens is 4. The Kier molecular flexibility index (Phi) is 4.57. The number of rotatable bonds is 3. The largest absolute Gasteiger partial charge is 0.370 e. The average Bonchev–Trinajstić information content (AvgIpc) is 3.09. The van der Waals surface area contributed by atoms with Crippen LogP contribution in [0.4, 0.5) is 5.95 Å². The van der Waals surface area contributed by atoms with Crippen LogP contribution in [0.1, 0.15) is 5.69 Å². The molecule has 134 valence electrons. The second-order valence-corrected chi connectivity index (χ2v) is 6.48. The summed E-state index contributed by atoms with van der Waals surface area (Å²) in [4.78, 5) is 21.8. The van der Waals surface area contributed by atoms with Crippen LogP contribution in [0.25, 0.3) is 5.65 Å². The Balaban J connectivity index is 1.37. The first kappa shape index (κ1) is 16.6. The second kappa shape index (κ2) is 7.17. The van der Waals surface area contributed by atoms with Gasteiger partial charge in [0.1, 0.15) is 5.65 Å². The van der Waals surface area contributed by atoms with Crippen LogP contribution in [0.15, 0.2) is 48.0 Å². The lowest BCUT2D eigenvalue weighted by Gasteiger charge is -2.35. The number of piperazine rings is 1. The second-order valence-electron chi connectivity index (χ2n) is 6.04. The Morgan fingerprint density at radius 3 is 2.65 bits per heavy atom. The van der Waals surface area contributed by atoms with Gasteiger partial charge in [-0.1, -0.05) is 11.6 Å². The first-order valence-electron chi connectivity index (χ1n) is 8.39. The van der Waals surface area contributed by atoms with E-state index in [2.05, 4.69) is 29.7 Å². The number of guanidine groups is 1. The van der Waals surface area contributed by atoms with Crippen molar-refractivity contribution >= 4 is 29.2 Å². The summed E-state index contributed by atoms with van der Waals surface area (Å²) in [6.45, 7) is 3.63. The lowest BCUT2D eigenvalue weighted by Crippen LogP contribution is -2.51. The quantitative estimate of drug-likeness (QED) is 0.554. The van der Waals surface area contributed by atoms with E-state index in [-0.39, 0.29) is 0 Å². The first-order chi connectivity index (χ1) is 12.7. The van der Waals surface area contributed by atoms with E-state index in [4.69, 9.17) is 17.3 Å². The fourth-order valence-corrected chi connectivity index (χ4v) is 3.11. The summed E-state index contributed by atoms with van der Waals surface area (Å²) in [7, 11) is 0. The highest BCUT2D eigenvalue weighted by Crippen LogP contribution is 2.13. The van der Waals surface area contributed by atoms with Crippen molar-refractivity contribution < 1.29 is 0 Å². The number of imidazole rings is 1. The maximum atomic E-state index is 6.17. The van der Waals surface area contributed by atoms with E-state index in [1.54, 1.807) is 12.4 Å². The van der Waals surface area contributed by atoms with Crippen LogP contribution in [0, 0.1) is 0 Å². The van der Waals surface area contributed by atoms with Gasteiger partial charge in [0.25, 0.3) is 0 Å². The summed E-state index contributed by atoms with van der Waals surface area (Å²) < 4.78 is 1.89. The molecule has 0 radical (unpaired) electrons. The molecule has 1 saturated heterocycles. The monoisotopic (exact) mass is 370 g/mol. The number of hydrogen-bond acceptors (Lipinski definition) is 5. The summed E-state index contributed by atoms with van der Waals surface area (Å²) in [5.74, 6) is 1.29. The third-order valence-electron chi connectivity index (χ3n) is 4.31. The number of halogens is 1. The normalized spacial score (nSPS) is 15.7. The lowest BCUT2D eigenvalue weighted by molar-refractivity contribution is 0.378. The maximum absolute atomic E-state index is 6.17. The molecule has 0 amide bonds. The molecule has 0 saturated carbocycles. The van der Waals surface area contributed by atoms with Gasteiger partial charge in [-0.2, -0.15) is 0 Å². The Morgan fingerprint density at radius 2 is 1.88 bits per heavy atom. The fourth-order valence-electron chi connectivity index (χ4n) is 2.95. The number of anilines is 1. The molecule has 0 atom stereocenters. The van der Waals surface area contributed by atoms with E-state index < -0.39 is 0 Å². The first-order valence-corrected chi connectivity index (χ1v) is 8.77. The summed E-state index contributed by atoms with van der Waals surface area (Å²) in [5.41, 5.74) is 7.86. The molecule has 8 nitrogen and oxygen atoms in total. The van der Waals surface area contributed by atoms with Crippen molar-refractivity contribution in [2.75, 3.05) is 31.1 Å². The van der Waals surface area contributed by atoms with Gasteiger partial charge in [0.2, 0.25) is 5.95 Å². The minimum absolute atomic E-state index is 0.438. The van der Waals surface area contributed by atoms with Gasteiger partial charge in [-0.3, -0.25) is 0 Å². The highest BCUT2D eigenvalue weighted by atomic mass is 35.5. The molecule has 1 aliphatic rings. The highest BCUT2D eigenvalue weighted by Gasteiger charge is 2.19. The number of nitrogens with zero attached hydrogens (tertiary/aromatic N) is 7. The third kappa shape index (κ3) is 3.55. The molecular formula is C17H19ClN8. The van der Waals surface area contributed by atoms with Gasteiger partial charge in [-0.05, 0) is 18.2 Å². The molecule has 0 bridgehead atoms. The number of fused-ring (bicyclic) bond motifs is 1. The van der Waals surface area contributed by atoms with Crippen LogP contribution >= 0.6 is 11.6 Å². The SMILES string of the molecule is NC(=NCc1cn2cc(Cl)ccc2n1)N1CCN(c2ncccn2)CC1. The topological polar surface area (TPSA) is 87.9 Å². The zero-order valence-electron chi connectivity index (χ0n) is 14.2. The minimum Gasteiger partial charge on any atom is -0.370 e. The summed E-state index contributed by atoms with van der Waals surface area (Å²) >= 11 is 6.00. The van der Waals surface area contributed by atoms with Crippen molar-refractivity contribution in [3.05, 3.63) is 53.7 Å². The van der Waals surface area contributed by atoms with Crippen molar-refractivity contribution in [3.8, 4) is 0 Å². The van der Waals surface area contributed by atoms with Gasteiger partial charge in [0, 0.05) is 51.0 Å². The van der Waals surface area contributed by atoms with E-state index in [0.717, 1.165) is 43.5 Å². The van der Waals surface area contributed by atoms with Crippen molar-refractivity contribution in [2.45, 2.75) is 6.54 Å². The average molecular weight is 371 g/mol. The standard InChI is InChI=1S/C17H19ClN8/c18-13-2-3-15-23-14(12-26(15)11-13)10-22-16(19)24-6-8-25(9-7-24)17-20-4-1-5-21-17/h1-5,11-12H,6-10H2,(H2,19,22). The number of pyridine rings is 1. The molecule has 0 aliphatic carbocycles. The smallest absolute Gasteiger partial charge is 0.225 e. The Hall–Kier alpha value is -2.87. The molecule has 3 aromatic rings. The van der Waals surface area contributed by atoms with Crippen molar-refractivity contribution in [1.29, 1.82) is 0 Å². The molecule has 3 aromatic heterocycles. The van der Waals surface area contributed by atoms with Crippen LogP contribution in [0.5, 0.6) is 0 Å². The van der Waals surface area contributed by atoms with Gasteiger partial charge in [-0.15, -0.1) is 0 Å². The third-order valence-corrected chi connectivity index (χ3v) is 4.53. The van der Waals surface area contributed by atoms with Crippen molar-refractivity contribution in [3.63, 3.8) is 0 Å². The summed E-state index contributed by atoms with van der Waals surface area (Å²) in [6, 6.07) is 5.52. The Morgan fingerprint density at radius 1 is 1.12 bits per heavy atom. The molecule has 1 fully saturated rings. The summed E-state index contributed by atoms with van der Waals surface area (Å²) in [5, 5.41) is 0.671. The molecule has 0 aromatic carbocycles.